The van der Waals surface area contributed by atoms with Gasteiger partial charge in [0.05, 0.1) is 0 Å². The van der Waals surface area contributed by atoms with Crippen LogP contribution in [0.15, 0.2) is 24.3 Å². The summed E-state index contributed by atoms with van der Waals surface area (Å²) in [6.45, 7) is 14.1. The van der Waals surface area contributed by atoms with Crippen molar-refractivity contribution in [2.24, 2.45) is 5.73 Å². The molecule has 21 heavy (non-hydrogen) atoms. The minimum Gasteiger partial charge on any atom is -0.544 e. The number of nitrogens with one attached hydrogen (secondary N) is 1. The molecule has 0 spiro atoms. The molecule has 1 aromatic rings. The van der Waals surface area contributed by atoms with E-state index in [1.165, 1.54) is 5.56 Å². The molecule has 0 aliphatic heterocycles. The van der Waals surface area contributed by atoms with Gasteiger partial charge in [0.15, 0.2) is 0 Å². The molecule has 3 nitrogen and oxygen atoms in total. The average Bonchev–Trinajstić information content (AvgIpc) is 2.39. The van der Waals surface area contributed by atoms with Crippen molar-refractivity contribution in [3.63, 3.8) is 0 Å². The molecule has 0 radical (unpaired) electrons. The second kappa shape index (κ2) is 6.51. The first-order chi connectivity index (χ1) is 9.53. The molecule has 1 atom stereocenters. The Bertz CT molecular complexity index is 445. The lowest BCUT2D eigenvalue weighted by Crippen LogP contribution is -2.48. The van der Waals surface area contributed by atoms with Gasteiger partial charge in [-0.25, -0.2) is 0 Å². The van der Waals surface area contributed by atoms with Crippen LogP contribution in [-0.4, -0.2) is 27.4 Å². The van der Waals surface area contributed by atoms with Crippen LogP contribution in [0.5, 0.6) is 5.75 Å². The van der Waals surface area contributed by atoms with Crippen LogP contribution in [0.25, 0.3) is 0 Å². The molecule has 3 N–H and O–H groups in total. The van der Waals surface area contributed by atoms with Gasteiger partial charge in [0.1, 0.15) is 5.75 Å². The first-order valence-corrected chi connectivity index (χ1v) is 10.6. The fraction of sp³-hybridized carbons (Fsp3) is 0.647. The minimum absolute atomic E-state index is 0.0538. The third-order valence-corrected chi connectivity index (χ3v) is 9.11. The van der Waals surface area contributed by atoms with Crippen molar-refractivity contribution in [3.8, 4) is 5.75 Å². The number of hydrogen-bond donors (Lipinski definition) is 2. The van der Waals surface area contributed by atoms with E-state index in [-0.39, 0.29) is 10.6 Å². The van der Waals surface area contributed by atoms with Crippen LogP contribution in [-0.2, 0) is 6.42 Å². The largest absolute Gasteiger partial charge is 0.544 e. The van der Waals surface area contributed by atoms with Gasteiger partial charge in [-0.1, -0.05) is 32.9 Å². The Hall–Kier alpha value is -0.843. The van der Waals surface area contributed by atoms with E-state index < -0.39 is 8.32 Å². The van der Waals surface area contributed by atoms with E-state index in [9.17, 15) is 0 Å². The van der Waals surface area contributed by atoms with Crippen LogP contribution in [0.4, 0.5) is 0 Å². The van der Waals surface area contributed by atoms with Crippen molar-refractivity contribution in [3.05, 3.63) is 29.8 Å². The zero-order chi connectivity index (χ0) is 16.3. The average molecular weight is 309 g/mol. The summed E-state index contributed by atoms with van der Waals surface area (Å²) in [7, 11) is 0.204. The maximum absolute atomic E-state index is 6.30. The van der Waals surface area contributed by atoms with Crippen molar-refractivity contribution < 1.29 is 4.43 Å². The normalized spacial score (nSPS) is 15.6. The van der Waals surface area contributed by atoms with E-state index in [4.69, 9.17) is 10.2 Å². The van der Waals surface area contributed by atoms with Gasteiger partial charge in [-0.05, 0) is 56.2 Å². The molecule has 0 bridgehead atoms. The molecule has 0 heterocycles. The van der Waals surface area contributed by atoms with Gasteiger partial charge in [-0.15, -0.1) is 0 Å². The van der Waals surface area contributed by atoms with E-state index in [0.29, 0.717) is 6.54 Å². The zero-order valence-corrected chi connectivity index (χ0v) is 15.7. The molecule has 0 aromatic heterocycles. The highest BCUT2D eigenvalue weighted by atomic mass is 28.4. The summed E-state index contributed by atoms with van der Waals surface area (Å²) < 4.78 is 6.30. The highest BCUT2D eigenvalue weighted by Crippen LogP contribution is 2.37. The fourth-order valence-electron chi connectivity index (χ4n) is 1.84. The van der Waals surface area contributed by atoms with Crippen LogP contribution in [0.2, 0.25) is 18.1 Å². The molecular formula is C17H32N2OSi. The lowest BCUT2D eigenvalue weighted by atomic mass is 9.93. The van der Waals surface area contributed by atoms with Crippen LogP contribution < -0.4 is 15.5 Å². The maximum atomic E-state index is 6.30. The van der Waals surface area contributed by atoms with E-state index >= 15 is 0 Å². The van der Waals surface area contributed by atoms with Crippen LogP contribution in [0.3, 0.4) is 0 Å². The van der Waals surface area contributed by atoms with Gasteiger partial charge in [-0.3, -0.25) is 0 Å². The summed E-state index contributed by atoms with van der Waals surface area (Å²) in [5, 5.41) is 3.52. The highest BCUT2D eigenvalue weighted by Gasteiger charge is 2.38. The van der Waals surface area contributed by atoms with Crippen LogP contribution in [0.1, 0.15) is 33.3 Å². The lowest BCUT2D eigenvalue weighted by Gasteiger charge is -2.36. The quantitative estimate of drug-likeness (QED) is 0.790. The van der Waals surface area contributed by atoms with Crippen molar-refractivity contribution in [2.75, 3.05) is 13.6 Å². The van der Waals surface area contributed by atoms with Crippen LogP contribution >= 0.6 is 0 Å². The molecule has 120 valence electrons. The molecule has 0 saturated carbocycles. The topological polar surface area (TPSA) is 47.3 Å². The molecule has 0 fully saturated rings. The Morgan fingerprint density at radius 1 is 1.10 bits per heavy atom. The van der Waals surface area contributed by atoms with Gasteiger partial charge < -0.3 is 15.5 Å². The summed E-state index contributed by atoms with van der Waals surface area (Å²) in [5.74, 6) is 0.976. The second-order valence-electron chi connectivity index (χ2n) is 7.70. The zero-order valence-electron chi connectivity index (χ0n) is 14.7. The van der Waals surface area contributed by atoms with E-state index in [1.807, 2.05) is 7.05 Å². The van der Waals surface area contributed by atoms with Gasteiger partial charge in [0.2, 0.25) is 8.32 Å². The summed E-state index contributed by atoms with van der Waals surface area (Å²) >= 11 is 0. The van der Waals surface area contributed by atoms with E-state index in [1.54, 1.807) is 0 Å². The van der Waals surface area contributed by atoms with Crippen LogP contribution in [0, 0.1) is 0 Å². The Kier molecular flexibility index (Phi) is 5.64. The maximum Gasteiger partial charge on any atom is 0.250 e. The molecule has 0 saturated heterocycles. The number of benzene rings is 1. The smallest absolute Gasteiger partial charge is 0.250 e. The highest BCUT2D eigenvalue weighted by molar-refractivity contribution is 6.74. The minimum atomic E-state index is -1.76. The second-order valence-corrected chi connectivity index (χ2v) is 12.4. The van der Waals surface area contributed by atoms with Gasteiger partial charge >= 0.3 is 0 Å². The summed E-state index contributed by atoms with van der Waals surface area (Å²) in [5.41, 5.74) is 7.07. The van der Waals surface area contributed by atoms with Crippen molar-refractivity contribution in [2.45, 2.75) is 57.8 Å². The first kappa shape index (κ1) is 18.2. The Morgan fingerprint density at radius 3 is 2.00 bits per heavy atom. The molecule has 4 heteroatoms. The Morgan fingerprint density at radius 2 is 1.62 bits per heavy atom. The SMILES string of the molecule is CNC(C)(CN)Cc1ccc(O[Si](C)(C)C(C)(C)C)cc1. The molecule has 1 rings (SSSR count). The molecule has 1 aromatic carbocycles. The van der Waals surface area contributed by atoms with Crippen molar-refractivity contribution in [1.82, 2.24) is 5.32 Å². The molecular weight excluding hydrogens is 276 g/mol. The van der Waals surface area contributed by atoms with Gasteiger partial charge in [-0.2, -0.15) is 0 Å². The monoisotopic (exact) mass is 308 g/mol. The molecule has 1 unspecified atom stereocenters. The Balaban J connectivity index is 2.80. The van der Waals surface area contributed by atoms with Gasteiger partial charge in [0, 0.05) is 12.1 Å². The lowest BCUT2D eigenvalue weighted by molar-refractivity contribution is 0.392. The summed E-state index contributed by atoms with van der Waals surface area (Å²) in [4.78, 5) is 0. The number of likely N-dealkylation sites (N-methyl/N-ethyl adjacent to an activating group) is 1. The number of nitrogens with two attached hydrogens (primary N) is 1. The third-order valence-electron chi connectivity index (χ3n) is 4.75. The Labute approximate surface area is 131 Å². The van der Waals surface area contributed by atoms with Crippen molar-refractivity contribution in [1.29, 1.82) is 0 Å². The van der Waals surface area contributed by atoms with Crippen molar-refractivity contribution >= 4 is 8.32 Å². The summed E-state index contributed by atoms with van der Waals surface area (Å²) in [6, 6.07) is 8.46. The molecule has 0 aliphatic carbocycles. The van der Waals surface area contributed by atoms with E-state index in [2.05, 4.69) is 70.4 Å². The fourth-order valence-corrected chi connectivity index (χ4v) is 2.87. The third kappa shape index (κ3) is 4.83. The summed E-state index contributed by atoms with van der Waals surface area (Å²) in [6.07, 6.45) is 0.917. The first-order valence-electron chi connectivity index (χ1n) is 7.70. The predicted molar refractivity (Wildman–Crippen MR) is 94.5 cm³/mol. The molecule has 0 aliphatic rings. The van der Waals surface area contributed by atoms with E-state index in [0.717, 1.165) is 12.2 Å². The molecule has 0 amide bonds. The predicted octanol–water partition coefficient (Wildman–Crippen LogP) is 3.55. The standard InChI is InChI=1S/C17H32N2OSi/c1-16(2,3)21(6,7)20-15-10-8-14(9-11-15)12-17(4,13-18)19-5/h8-11,19H,12-13,18H2,1-7H3. The van der Waals surface area contributed by atoms with Gasteiger partial charge in [0.25, 0.3) is 0 Å². The number of hydrogen-bond acceptors (Lipinski definition) is 3. The number of rotatable bonds is 6.